The molecule has 0 N–H and O–H groups in total. The van der Waals surface area contributed by atoms with E-state index in [2.05, 4.69) is 48.6 Å². The molecule has 2 saturated heterocycles. The molecule has 2 aliphatic rings. The van der Waals surface area contributed by atoms with Crippen molar-refractivity contribution in [2.45, 2.75) is 25.9 Å². The molecule has 4 rings (SSSR count). The largest absolute Gasteiger partial charge is 0.352 e. The SMILES string of the molecule is CC(C)N1CCN(C2CN(c3cncc(-n4cncn4)n3)C2)CC1. The van der Waals surface area contributed by atoms with Gasteiger partial charge >= 0.3 is 0 Å². The van der Waals surface area contributed by atoms with Crippen LogP contribution >= 0.6 is 0 Å². The lowest BCUT2D eigenvalue weighted by atomic mass is 10.1. The summed E-state index contributed by atoms with van der Waals surface area (Å²) in [6.45, 7) is 11.3. The summed E-state index contributed by atoms with van der Waals surface area (Å²) in [4.78, 5) is 20.4. The van der Waals surface area contributed by atoms with Crippen molar-refractivity contribution in [3.05, 3.63) is 25.0 Å². The van der Waals surface area contributed by atoms with Gasteiger partial charge in [0.15, 0.2) is 5.82 Å². The number of piperazine rings is 1. The minimum absolute atomic E-state index is 0.635. The number of aromatic nitrogens is 5. The Morgan fingerprint density at radius 1 is 1.00 bits per heavy atom. The van der Waals surface area contributed by atoms with Crippen LogP contribution < -0.4 is 4.90 Å². The van der Waals surface area contributed by atoms with Crippen molar-refractivity contribution in [3.63, 3.8) is 0 Å². The minimum atomic E-state index is 0.635. The third-order valence-electron chi connectivity index (χ3n) is 5.04. The first-order chi connectivity index (χ1) is 11.7. The van der Waals surface area contributed by atoms with Crippen molar-refractivity contribution in [1.82, 2.24) is 34.5 Å². The van der Waals surface area contributed by atoms with Gasteiger partial charge in [0.25, 0.3) is 0 Å². The van der Waals surface area contributed by atoms with Crippen molar-refractivity contribution >= 4 is 5.82 Å². The van der Waals surface area contributed by atoms with Crippen LogP contribution in [-0.4, -0.2) is 85.9 Å². The fraction of sp³-hybridized carbons (Fsp3) is 0.625. The number of hydrogen-bond donors (Lipinski definition) is 0. The van der Waals surface area contributed by atoms with Crippen LogP contribution in [0.25, 0.3) is 5.82 Å². The number of anilines is 1. The summed E-state index contributed by atoms with van der Waals surface area (Å²) in [7, 11) is 0. The predicted molar refractivity (Wildman–Crippen MR) is 91.2 cm³/mol. The van der Waals surface area contributed by atoms with Gasteiger partial charge in [-0.2, -0.15) is 5.10 Å². The van der Waals surface area contributed by atoms with Crippen molar-refractivity contribution in [2.24, 2.45) is 0 Å². The van der Waals surface area contributed by atoms with E-state index in [0.717, 1.165) is 18.9 Å². The second-order valence-electron chi connectivity index (χ2n) is 6.80. The van der Waals surface area contributed by atoms with Crippen LogP contribution in [0.2, 0.25) is 0 Å². The summed E-state index contributed by atoms with van der Waals surface area (Å²) in [5, 5.41) is 4.11. The minimum Gasteiger partial charge on any atom is -0.352 e. The normalized spacial score (nSPS) is 20.5. The zero-order chi connectivity index (χ0) is 16.5. The van der Waals surface area contributed by atoms with Gasteiger partial charge in [-0.25, -0.2) is 14.6 Å². The lowest BCUT2D eigenvalue weighted by molar-refractivity contribution is 0.0676. The predicted octanol–water partition coefficient (Wildman–Crippen LogP) is 0.272. The Hall–Kier alpha value is -2.06. The van der Waals surface area contributed by atoms with E-state index < -0.39 is 0 Å². The van der Waals surface area contributed by atoms with E-state index in [4.69, 9.17) is 0 Å². The Balaban J connectivity index is 1.34. The second-order valence-corrected chi connectivity index (χ2v) is 6.80. The second kappa shape index (κ2) is 6.45. The topological polar surface area (TPSA) is 66.2 Å². The van der Waals surface area contributed by atoms with Gasteiger partial charge in [-0.15, -0.1) is 0 Å². The van der Waals surface area contributed by atoms with Crippen LogP contribution in [0.1, 0.15) is 13.8 Å². The van der Waals surface area contributed by atoms with Gasteiger partial charge < -0.3 is 4.90 Å². The molecule has 8 heteroatoms. The molecule has 4 heterocycles. The smallest absolute Gasteiger partial charge is 0.175 e. The molecular weight excluding hydrogens is 304 g/mol. The molecular formula is C16H24N8. The molecule has 2 fully saturated rings. The fourth-order valence-corrected chi connectivity index (χ4v) is 3.43. The summed E-state index contributed by atoms with van der Waals surface area (Å²) >= 11 is 0. The fourth-order valence-electron chi connectivity index (χ4n) is 3.43. The molecule has 2 aromatic heterocycles. The van der Waals surface area contributed by atoms with Crippen molar-refractivity contribution < 1.29 is 0 Å². The summed E-state index contributed by atoms with van der Waals surface area (Å²) < 4.78 is 1.64. The van der Waals surface area contributed by atoms with Gasteiger partial charge in [0.2, 0.25) is 0 Å². The first-order valence-electron chi connectivity index (χ1n) is 8.61. The van der Waals surface area contributed by atoms with Crippen LogP contribution in [0.4, 0.5) is 5.82 Å². The Labute approximate surface area is 142 Å². The molecule has 128 valence electrons. The van der Waals surface area contributed by atoms with Crippen molar-refractivity contribution in [1.29, 1.82) is 0 Å². The van der Waals surface area contributed by atoms with Crippen molar-refractivity contribution in [2.75, 3.05) is 44.2 Å². The van der Waals surface area contributed by atoms with Crippen LogP contribution in [0.15, 0.2) is 25.0 Å². The first-order valence-corrected chi connectivity index (χ1v) is 8.61. The molecule has 2 aromatic rings. The highest BCUT2D eigenvalue weighted by molar-refractivity contribution is 5.43. The highest BCUT2D eigenvalue weighted by Crippen LogP contribution is 2.23. The van der Waals surface area contributed by atoms with Gasteiger partial charge in [-0.1, -0.05) is 0 Å². The average Bonchev–Trinajstić information content (AvgIpc) is 3.09. The average molecular weight is 328 g/mol. The van der Waals surface area contributed by atoms with Crippen LogP contribution in [0.3, 0.4) is 0 Å². The third kappa shape index (κ3) is 2.99. The molecule has 24 heavy (non-hydrogen) atoms. The number of nitrogens with zero attached hydrogens (tertiary/aromatic N) is 8. The quantitative estimate of drug-likeness (QED) is 0.798. The molecule has 0 aliphatic carbocycles. The molecule has 0 unspecified atom stereocenters. The molecule has 0 atom stereocenters. The van der Waals surface area contributed by atoms with E-state index in [-0.39, 0.29) is 0 Å². The Morgan fingerprint density at radius 2 is 1.75 bits per heavy atom. The maximum atomic E-state index is 4.65. The molecule has 0 spiro atoms. The maximum Gasteiger partial charge on any atom is 0.175 e. The summed E-state index contributed by atoms with van der Waals surface area (Å²) in [6.07, 6.45) is 6.68. The molecule has 2 aliphatic heterocycles. The zero-order valence-corrected chi connectivity index (χ0v) is 14.3. The van der Waals surface area contributed by atoms with E-state index >= 15 is 0 Å². The van der Waals surface area contributed by atoms with Gasteiger partial charge in [0.1, 0.15) is 18.5 Å². The van der Waals surface area contributed by atoms with Crippen LogP contribution in [-0.2, 0) is 0 Å². The van der Waals surface area contributed by atoms with E-state index in [1.165, 1.54) is 32.5 Å². The van der Waals surface area contributed by atoms with Gasteiger partial charge in [0.05, 0.1) is 12.4 Å². The Bertz CT molecular complexity index is 656. The molecule has 0 amide bonds. The standard InChI is InChI=1S/C16H24N8/c1-13(2)21-3-5-22(6-4-21)14-9-23(10-14)15-7-17-8-16(20-15)24-12-18-11-19-24/h7-8,11-14H,3-6,9-10H2,1-2H3. The van der Waals surface area contributed by atoms with Crippen LogP contribution in [0.5, 0.6) is 0 Å². The van der Waals surface area contributed by atoms with Crippen molar-refractivity contribution in [3.8, 4) is 5.82 Å². The zero-order valence-electron chi connectivity index (χ0n) is 14.3. The third-order valence-corrected chi connectivity index (χ3v) is 5.04. The summed E-state index contributed by atoms with van der Waals surface area (Å²) in [5.74, 6) is 1.62. The van der Waals surface area contributed by atoms with E-state index in [9.17, 15) is 0 Å². The van der Waals surface area contributed by atoms with E-state index in [0.29, 0.717) is 17.9 Å². The highest BCUT2D eigenvalue weighted by atomic mass is 15.4. The molecule has 0 aromatic carbocycles. The Kier molecular flexibility index (Phi) is 4.15. The molecule has 0 radical (unpaired) electrons. The lowest BCUT2D eigenvalue weighted by Gasteiger charge is -2.49. The van der Waals surface area contributed by atoms with Gasteiger partial charge in [0, 0.05) is 51.4 Å². The van der Waals surface area contributed by atoms with Crippen LogP contribution in [0, 0.1) is 0 Å². The monoisotopic (exact) mass is 328 g/mol. The highest BCUT2D eigenvalue weighted by Gasteiger charge is 2.34. The van der Waals surface area contributed by atoms with E-state index in [1.807, 2.05) is 6.20 Å². The lowest BCUT2D eigenvalue weighted by Crippen LogP contribution is -2.63. The van der Waals surface area contributed by atoms with E-state index in [1.54, 1.807) is 17.2 Å². The summed E-state index contributed by atoms with van der Waals surface area (Å²) in [5.41, 5.74) is 0. The molecule has 0 saturated carbocycles. The molecule has 0 bridgehead atoms. The maximum absolute atomic E-state index is 4.65. The van der Waals surface area contributed by atoms with Gasteiger partial charge in [-0.05, 0) is 13.8 Å². The summed E-state index contributed by atoms with van der Waals surface area (Å²) in [6, 6.07) is 1.29. The first kappa shape index (κ1) is 15.5. The Morgan fingerprint density at radius 3 is 2.42 bits per heavy atom. The number of hydrogen-bond acceptors (Lipinski definition) is 7. The molecule has 8 nitrogen and oxygen atoms in total. The number of rotatable bonds is 4. The van der Waals surface area contributed by atoms with Gasteiger partial charge in [-0.3, -0.25) is 14.8 Å².